The van der Waals surface area contributed by atoms with Crippen molar-refractivity contribution in [1.82, 2.24) is 0 Å². The number of rotatable bonds is 2. The smallest absolute Gasteiger partial charge is 0.328 e. The quantitative estimate of drug-likeness (QED) is 0.610. The lowest BCUT2D eigenvalue weighted by atomic mass is 10.1. The molecule has 0 bridgehead atoms. The van der Waals surface area contributed by atoms with Gasteiger partial charge in [0.2, 0.25) is 0 Å². The Morgan fingerprint density at radius 3 is 2.91 bits per heavy atom. The summed E-state index contributed by atoms with van der Waals surface area (Å²) >= 11 is 0. The summed E-state index contributed by atoms with van der Waals surface area (Å²) < 4.78 is 0. The molecule has 1 N–H and O–H groups in total. The summed E-state index contributed by atoms with van der Waals surface area (Å²) in [4.78, 5) is 10.2. The minimum atomic E-state index is -0.879. The summed E-state index contributed by atoms with van der Waals surface area (Å²) in [6.45, 7) is 1.81. The van der Waals surface area contributed by atoms with Crippen LogP contribution in [0.3, 0.4) is 0 Å². The van der Waals surface area contributed by atoms with Gasteiger partial charge >= 0.3 is 5.97 Å². The maximum Gasteiger partial charge on any atom is 0.328 e. The number of aliphatic carboxylic acids is 1. The van der Waals surface area contributed by atoms with Crippen LogP contribution in [0.5, 0.6) is 0 Å². The molecular formula is C9H10O2. The highest BCUT2D eigenvalue weighted by atomic mass is 16.4. The third-order valence-electron chi connectivity index (χ3n) is 1.62. The fourth-order valence-corrected chi connectivity index (χ4v) is 1.02. The Morgan fingerprint density at radius 1 is 1.73 bits per heavy atom. The normalized spacial score (nSPS) is 16.8. The topological polar surface area (TPSA) is 37.3 Å². The number of hydrogen-bond donors (Lipinski definition) is 1. The van der Waals surface area contributed by atoms with Gasteiger partial charge in [0.1, 0.15) is 0 Å². The molecular weight excluding hydrogens is 140 g/mol. The van der Waals surface area contributed by atoms with E-state index in [1.54, 1.807) is 0 Å². The van der Waals surface area contributed by atoms with Crippen molar-refractivity contribution in [1.29, 1.82) is 0 Å². The van der Waals surface area contributed by atoms with Gasteiger partial charge in [0.05, 0.1) is 0 Å². The maximum absolute atomic E-state index is 10.2. The fourth-order valence-electron chi connectivity index (χ4n) is 1.02. The van der Waals surface area contributed by atoms with Crippen molar-refractivity contribution in [3.8, 4) is 0 Å². The zero-order chi connectivity index (χ0) is 8.27. The lowest BCUT2D eigenvalue weighted by molar-refractivity contribution is -0.131. The van der Waals surface area contributed by atoms with Crippen molar-refractivity contribution < 1.29 is 9.90 Å². The summed E-state index contributed by atoms with van der Waals surface area (Å²) in [6.07, 6.45) is 7.98. The Morgan fingerprint density at radius 2 is 2.45 bits per heavy atom. The second kappa shape index (κ2) is 3.19. The van der Waals surface area contributed by atoms with E-state index in [9.17, 15) is 4.79 Å². The van der Waals surface area contributed by atoms with Crippen LogP contribution in [-0.4, -0.2) is 11.1 Å². The third kappa shape index (κ3) is 2.08. The van der Waals surface area contributed by atoms with E-state index in [1.165, 1.54) is 6.08 Å². The zero-order valence-electron chi connectivity index (χ0n) is 6.37. The second-order valence-electron chi connectivity index (χ2n) is 2.49. The SMILES string of the molecule is C/C(=C/C(=O)O)C1=CC=CC1. The van der Waals surface area contributed by atoms with Gasteiger partial charge in [-0.1, -0.05) is 18.2 Å². The van der Waals surface area contributed by atoms with Gasteiger partial charge in [-0.25, -0.2) is 4.79 Å². The van der Waals surface area contributed by atoms with Gasteiger partial charge < -0.3 is 5.11 Å². The van der Waals surface area contributed by atoms with Gasteiger partial charge in [0.25, 0.3) is 0 Å². The van der Waals surface area contributed by atoms with Crippen molar-refractivity contribution in [3.05, 3.63) is 35.5 Å². The molecule has 58 valence electrons. The summed E-state index contributed by atoms with van der Waals surface area (Å²) in [5, 5.41) is 8.42. The minimum absolute atomic E-state index is 0.836. The number of allylic oxidation sites excluding steroid dienone is 5. The Labute approximate surface area is 65.5 Å². The van der Waals surface area contributed by atoms with Crippen molar-refractivity contribution in [2.45, 2.75) is 13.3 Å². The standard InChI is InChI=1S/C9H10O2/c1-7(6-9(10)11)8-4-2-3-5-8/h2-4,6H,5H2,1H3,(H,10,11)/b7-6-. The molecule has 0 aliphatic heterocycles. The number of carboxylic acids is 1. The Balaban J connectivity index is 2.69. The van der Waals surface area contributed by atoms with E-state index in [2.05, 4.69) is 0 Å². The molecule has 1 rings (SSSR count). The van der Waals surface area contributed by atoms with Gasteiger partial charge in [-0.2, -0.15) is 0 Å². The molecule has 0 amide bonds. The highest BCUT2D eigenvalue weighted by Crippen LogP contribution is 2.18. The van der Waals surface area contributed by atoms with Crippen molar-refractivity contribution >= 4 is 5.97 Å². The first kappa shape index (κ1) is 7.79. The van der Waals surface area contributed by atoms with Crippen LogP contribution in [0.25, 0.3) is 0 Å². The van der Waals surface area contributed by atoms with E-state index in [1.807, 2.05) is 25.2 Å². The first-order valence-electron chi connectivity index (χ1n) is 3.47. The average molecular weight is 150 g/mol. The van der Waals surface area contributed by atoms with Gasteiger partial charge in [-0.05, 0) is 24.5 Å². The minimum Gasteiger partial charge on any atom is -0.478 e. The lowest BCUT2D eigenvalue weighted by Gasteiger charge is -1.98. The van der Waals surface area contributed by atoms with Crippen LogP contribution in [-0.2, 0) is 4.79 Å². The summed E-state index contributed by atoms with van der Waals surface area (Å²) in [5.74, 6) is -0.879. The van der Waals surface area contributed by atoms with E-state index in [-0.39, 0.29) is 0 Å². The average Bonchev–Trinajstić information content (AvgIpc) is 2.35. The number of carbonyl (C=O) groups is 1. The molecule has 0 fully saturated rings. The highest BCUT2D eigenvalue weighted by molar-refractivity contribution is 5.81. The molecule has 0 saturated heterocycles. The summed E-state index contributed by atoms with van der Waals surface area (Å²) in [7, 11) is 0. The van der Waals surface area contributed by atoms with Crippen molar-refractivity contribution in [2.75, 3.05) is 0 Å². The Hall–Kier alpha value is -1.31. The predicted octanol–water partition coefficient (Wildman–Crippen LogP) is 1.90. The highest BCUT2D eigenvalue weighted by Gasteiger charge is 2.02. The molecule has 1 aliphatic rings. The molecule has 0 heterocycles. The Kier molecular flexibility index (Phi) is 2.26. The van der Waals surface area contributed by atoms with Crippen molar-refractivity contribution in [2.24, 2.45) is 0 Å². The fraction of sp³-hybridized carbons (Fsp3) is 0.222. The second-order valence-corrected chi connectivity index (χ2v) is 2.49. The van der Waals surface area contributed by atoms with Crippen LogP contribution in [0.1, 0.15) is 13.3 Å². The first-order valence-corrected chi connectivity index (χ1v) is 3.47. The monoisotopic (exact) mass is 150 g/mol. The maximum atomic E-state index is 10.2. The molecule has 2 heteroatoms. The molecule has 0 aromatic rings. The number of hydrogen-bond acceptors (Lipinski definition) is 1. The number of carboxylic acid groups (broad SMARTS) is 1. The van der Waals surface area contributed by atoms with Crippen LogP contribution in [0.15, 0.2) is 35.5 Å². The molecule has 0 saturated carbocycles. The largest absolute Gasteiger partial charge is 0.478 e. The molecule has 0 aromatic heterocycles. The van der Waals surface area contributed by atoms with E-state index < -0.39 is 5.97 Å². The predicted molar refractivity (Wildman–Crippen MR) is 43.2 cm³/mol. The van der Waals surface area contributed by atoms with Gasteiger partial charge in [0.15, 0.2) is 0 Å². The van der Waals surface area contributed by atoms with Crippen LogP contribution in [0, 0.1) is 0 Å². The summed E-state index contributed by atoms with van der Waals surface area (Å²) in [6, 6.07) is 0. The van der Waals surface area contributed by atoms with E-state index in [4.69, 9.17) is 5.11 Å². The third-order valence-corrected chi connectivity index (χ3v) is 1.62. The van der Waals surface area contributed by atoms with Gasteiger partial charge in [0, 0.05) is 6.08 Å². The molecule has 0 radical (unpaired) electrons. The first-order chi connectivity index (χ1) is 5.20. The van der Waals surface area contributed by atoms with E-state index in [0.717, 1.165) is 17.6 Å². The molecule has 11 heavy (non-hydrogen) atoms. The Bertz CT molecular complexity index is 257. The van der Waals surface area contributed by atoms with Crippen LogP contribution < -0.4 is 0 Å². The summed E-state index contributed by atoms with van der Waals surface area (Å²) in [5.41, 5.74) is 1.93. The van der Waals surface area contributed by atoms with Crippen LogP contribution in [0.2, 0.25) is 0 Å². The van der Waals surface area contributed by atoms with Gasteiger partial charge in [-0.3, -0.25) is 0 Å². The van der Waals surface area contributed by atoms with E-state index in [0.29, 0.717) is 0 Å². The molecule has 2 nitrogen and oxygen atoms in total. The molecule has 0 aromatic carbocycles. The van der Waals surface area contributed by atoms with Gasteiger partial charge in [-0.15, -0.1) is 0 Å². The zero-order valence-corrected chi connectivity index (χ0v) is 6.37. The van der Waals surface area contributed by atoms with Crippen LogP contribution >= 0.6 is 0 Å². The van der Waals surface area contributed by atoms with Crippen molar-refractivity contribution in [3.63, 3.8) is 0 Å². The lowest BCUT2D eigenvalue weighted by Crippen LogP contribution is -1.91. The molecule has 0 atom stereocenters. The molecule has 0 spiro atoms. The van der Waals surface area contributed by atoms with Crippen LogP contribution in [0.4, 0.5) is 0 Å². The van der Waals surface area contributed by atoms with E-state index >= 15 is 0 Å². The molecule has 1 aliphatic carbocycles. The molecule has 0 unspecified atom stereocenters.